The molecule has 0 heterocycles. The molecule has 0 spiro atoms. The number of rotatable bonds is 3. The van der Waals surface area contributed by atoms with Crippen LogP contribution in [0.5, 0.6) is 0 Å². The third-order valence-corrected chi connectivity index (χ3v) is 4.15. The van der Waals surface area contributed by atoms with Gasteiger partial charge >= 0.3 is 0 Å². The zero-order valence-electron chi connectivity index (χ0n) is 9.04. The van der Waals surface area contributed by atoms with Crippen LogP contribution in [-0.4, -0.2) is 0 Å². The Labute approximate surface area is 123 Å². The van der Waals surface area contributed by atoms with Crippen LogP contribution in [0, 0.1) is 0 Å². The second-order valence-corrected chi connectivity index (χ2v) is 6.31. The topological polar surface area (TPSA) is 0 Å². The minimum absolute atomic E-state index is 0.314. The van der Waals surface area contributed by atoms with E-state index in [-0.39, 0.29) is 0 Å². The van der Waals surface area contributed by atoms with Crippen molar-refractivity contribution in [1.82, 2.24) is 0 Å². The highest BCUT2D eigenvalue weighted by atomic mass is 79.9. The first-order valence-corrected chi connectivity index (χ1v) is 7.38. The van der Waals surface area contributed by atoms with Crippen LogP contribution < -0.4 is 0 Å². The normalized spacial score (nSPS) is 12.4. The van der Waals surface area contributed by atoms with Crippen molar-refractivity contribution in [3.8, 4) is 0 Å². The van der Waals surface area contributed by atoms with Crippen molar-refractivity contribution in [2.24, 2.45) is 0 Å². The Hall–Kier alpha value is -0.310. The van der Waals surface area contributed by atoms with Crippen molar-refractivity contribution in [2.45, 2.75) is 11.2 Å². The van der Waals surface area contributed by atoms with Gasteiger partial charge in [0.05, 0.1) is 0 Å². The van der Waals surface area contributed by atoms with E-state index in [2.05, 4.69) is 62.2 Å². The lowest BCUT2D eigenvalue weighted by Gasteiger charge is -2.10. The second kappa shape index (κ2) is 6.03. The van der Waals surface area contributed by atoms with Crippen LogP contribution in [0.1, 0.15) is 16.0 Å². The van der Waals surface area contributed by atoms with E-state index in [1.165, 1.54) is 11.1 Å². The van der Waals surface area contributed by atoms with Crippen molar-refractivity contribution >= 4 is 43.5 Å². The van der Waals surface area contributed by atoms with E-state index in [0.29, 0.717) is 4.83 Å². The van der Waals surface area contributed by atoms with Crippen molar-refractivity contribution in [3.05, 3.63) is 69.2 Å². The fourth-order valence-corrected chi connectivity index (χ4v) is 2.82. The zero-order chi connectivity index (χ0) is 12.3. The number of benzene rings is 2. The molecule has 17 heavy (non-hydrogen) atoms. The summed E-state index contributed by atoms with van der Waals surface area (Å²) in [5.41, 5.74) is 2.51. The van der Waals surface area contributed by atoms with Crippen LogP contribution in [0.2, 0.25) is 5.02 Å². The Balaban J connectivity index is 2.11. The van der Waals surface area contributed by atoms with Gasteiger partial charge in [-0.1, -0.05) is 67.7 Å². The van der Waals surface area contributed by atoms with Crippen LogP contribution in [0.4, 0.5) is 0 Å². The summed E-state index contributed by atoms with van der Waals surface area (Å²) in [7, 11) is 0. The molecule has 0 aliphatic rings. The van der Waals surface area contributed by atoms with Gasteiger partial charge in [-0.2, -0.15) is 0 Å². The largest absolute Gasteiger partial charge is 0.0843 e. The highest BCUT2D eigenvalue weighted by Gasteiger charge is 2.08. The average molecular weight is 375 g/mol. The molecule has 0 saturated heterocycles. The standard InChI is InChI=1S/C14H11Br2Cl/c15-12-6-4-11(5-7-12)14(16)9-10-2-1-3-13(17)8-10/h1-8,14H,9H2. The maximum atomic E-state index is 5.97. The molecular weight excluding hydrogens is 363 g/mol. The highest BCUT2D eigenvalue weighted by molar-refractivity contribution is 9.10. The summed E-state index contributed by atoms with van der Waals surface area (Å²) < 4.78 is 1.10. The summed E-state index contributed by atoms with van der Waals surface area (Å²) in [5, 5.41) is 0.790. The number of alkyl halides is 1. The molecule has 0 radical (unpaired) electrons. The van der Waals surface area contributed by atoms with E-state index in [0.717, 1.165) is 15.9 Å². The molecule has 0 aliphatic heterocycles. The molecule has 1 atom stereocenters. The summed E-state index contributed by atoms with van der Waals surface area (Å²) in [6, 6.07) is 16.3. The molecule has 2 aromatic carbocycles. The van der Waals surface area contributed by atoms with Gasteiger partial charge < -0.3 is 0 Å². The zero-order valence-corrected chi connectivity index (χ0v) is 13.0. The predicted octanol–water partition coefficient (Wildman–Crippen LogP) is 5.78. The third-order valence-electron chi connectivity index (χ3n) is 2.54. The molecule has 88 valence electrons. The van der Waals surface area contributed by atoms with Gasteiger partial charge in [0.15, 0.2) is 0 Å². The van der Waals surface area contributed by atoms with E-state index in [9.17, 15) is 0 Å². The van der Waals surface area contributed by atoms with Crippen LogP contribution in [0.15, 0.2) is 53.0 Å². The Morgan fingerprint density at radius 2 is 1.76 bits per heavy atom. The number of hydrogen-bond acceptors (Lipinski definition) is 0. The van der Waals surface area contributed by atoms with E-state index >= 15 is 0 Å². The van der Waals surface area contributed by atoms with E-state index in [4.69, 9.17) is 11.6 Å². The van der Waals surface area contributed by atoms with Gasteiger partial charge in [0.25, 0.3) is 0 Å². The molecular formula is C14H11Br2Cl. The molecule has 0 aromatic heterocycles. The molecule has 0 aliphatic carbocycles. The van der Waals surface area contributed by atoms with Gasteiger partial charge in [-0.25, -0.2) is 0 Å². The maximum Gasteiger partial charge on any atom is 0.0435 e. The Kier molecular flexibility index (Phi) is 4.66. The second-order valence-electron chi connectivity index (χ2n) is 3.85. The predicted molar refractivity (Wildman–Crippen MR) is 81.0 cm³/mol. The van der Waals surface area contributed by atoms with Gasteiger partial charge in [0.1, 0.15) is 0 Å². The molecule has 2 rings (SSSR count). The van der Waals surface area contributed by atoms with Crippen LogP contribution in [-0.2, 0) is 6.42 Å². The van der Waals surface area contributed by atoms with E-state index in [1.807, 2.05) is 18.2 Å². The lowest BCUT2D eigenvalue weighted by Crippen LogP contribution is -1.95. The molecule has 3 heteroatoms. The first-order chi connectivity index (χ1) is 8.15. The van der Waals surface area contributed by atoms with E-state index in [1.54, 1.807) is 0 Å². The smallest absolute Gasteiger partial charge is 0.0435 e. The van der Waals surface area contributed by atoms with Gasteiger partial charge in [0.2, 0.25) is 0 Å². The average Bonchev–Trinajstić information content (AvgIpc) is 2.29. The number of hydrogen-bond donors (Lipinski definition) is 0. The summed E-state index contributed by atoms with van der Waals surface area (Å²) in [5.74, 6) is 0. The summed E-state index contributed by atoms with van der Waals surface area (Å²) in [6.07, 6.45) is 0.933. The Morgan fingerprint density at radius 3 is 2.41 bits per heavy atom. The fraction of sp³-hybridized carbons (Fsp3) is 0.143. The van der Waals surface area contributed by atoms with Crippen LogP contribution in [0.3, 0.4) is 0 Å². The summed E-state index contributed by atoms with van der Waals surface area (Å²) in [6.45, 7) is 0. The SMILES string of the molecule is Clc1cccc(CC(Br)c2ccc(Br)cc2)c1. The van der Waals surface area contributed by atoms with Crippen molar-refractivity contribution < 1.29 is 0 Å². The van der Waals surface area contributed by atoms with Gasteiger partial charge in [-0.3, -0.25) is 0 Å². The molecule has 0 saturated carbocycles. The summed E-state index contributed by atoms with van der Waals surface area (Å²) in [4.78, 5) is 0.314. The lowest BCUT2D eigenvalue weighted by atomic mass is 10.0. The van der Waals surface area contributed by atoms with Gasteiger partial charge in [0, 0.05) is 14.3 Å². The van der Waals surface area contributed by atoms with Crippen molar-refractivity contribution in [1.29, 1.82) is 0 Å². The Morgan fingerprint density at radius 1 is 1.06 bits per heavy atom. The van der Waals surface area contributed by atoms with Crippen molar-refractivity contribution in [2.75, 3.05) is 0 Å². The Bertz CT molecular complexity index is 494. The maximum absolute atomic E-state index is 5.97. The van der Waals surface area contributed by atoms with Crippen LogP contribution in [0.25, 0.3) is 0 Å². The molecule has 0 nitrogen and oxygen atoms in total. The summed E-state index contributed by atoms with van der Waals surface area (Å²) >= 11 is 13.1. The molecule has 0 N–H and O–H groups in total. The first kappa shape index (κ1) is 13.1. The highest BCUT2D eigenvalue weighted by Crippen LogP contribution is 2.28. The lowest BCUT2D eigenvalue weighted by molar-refractivity contribution is 0.949. The molecule has 0 fully saturated rings. The quantitative estimate of drug-likeness (QED) is 0.597. The molecule has 2 aromatic rings. The molecule has 0 bridgehead atoms. The van der Waals surface area contributed by atoms with Gasteiger partial charge in [-0.05, 0) is 41.8 Å². The van der Waals surface area contributed by atoms with Crippen molar-refractivity contribution in [3.63, 3.8) is 0 Å². The van der Waals surface area contributed by atoms with Crippen LogP contribution >= 0.6 is 43.5 Å². The molecule has 0 amide bonds. The molecule has 1 unspecified atom stereocenters. The first-order valence-electron chi connectivity index (χ1n) is 5.29. The monoisotopic (exact) mass is 372 g/mol. The third kappa shape index (κ3) is 3.84. The minimum Gasteiger partial charge on any atom is -0.0843 e. The minimum atomic E-state index is 0.314. The fourth-order valence-electron chi connectivity index (χ4n) is 1.66. The van der Waals surface area contributed by atoms with Gasteiger partial charge in [-0.15, -0.1) is 0 Å². The number of halogens is 3. The van der Waals surface area contributed by atoms with E-state index < -0.39 is 0 Å².